The molecule has 6 heteroatoms. The van der Waals surface area contributed by atoms with E-state index >= 15 is 0 Å². The first-order valence-electron chi connectivity index (χ1n) is 7.16. The number of aromatic nitrogens is 3. The quantitative estimate of drug-likeness (QED) is 0.754. The van der Waals surface area contributed by atoms with Crippen molar-refractivity contribution in [2.75, 3.05) is 11.9 Å². The molecule has 0 atom stereocenters. The summed E-state index contributed by atoms with van der Waals surface area (Å²) in [5, 5.41) is 18.2. The van der Waals surface area contributed by atoms with Gasteiger partial charge >= 0.3 is 0 Å². The molecule has 0 saturated heterocycles. The van der Waals surface area contributed by atoms with Crippen LogP contribution in [-0.2, 0) is 12.8 Å². The highest BCUT2D eigenvalue weighted by molar-refractivity contribution is 9.10. The molecule has 1 aliphatic rings. The van der Waals surface area contributed by atoms with Crippen LogP contribution in [0.25, 0.3) is 5.65 Å². The second kappa shape index (κ2) is 5.07. The fourth-order valence-corrected chi connectivity index (χ4v) is 3.36. The second-order valence-electron chi connectivity index (χ2n) is 5.77. The lowest BCUT2D eigenvalue weighted by Gasteiger charge is -2.22. The molecule has 0 saturated carbocycles. The molecule has 3 aromatic rings. The van der Waals surface area contributed by atoms with Crippen LogP contribution < -0.4 is 5.32 Å². The van der Waals surface area contributed by atoms with E-state index in [2.05, 4.69) is 43.5 Å². The van der Waals surface area contributed by atoms with Crippen LogP contribution in [0.15, 0.2) is 47.2 Å². The lowest BCUT2D eigenvalue weighted by molar-refractivity contribution is 0.0650. The second-order valence-corrected chi connectivity index (χ2v) is 6.63. The molecule has 0 bridgehead atoms. The predicted octanol–water partition coefficient (Wildman–Crippen LogP) is 2.43. The number of nitrogens with zero attached hydrogens (tertiary/aromatic N) is 3. The van der Waals surface area contributed by atoms with Crippen LogP contribution in [0.4, 0.5) is 5.82 Å². The molecule has 0 aliphatic heterocycles. The fraction of sp³-hybridized carbons (Fsp3) is 0.250. The molecule has 22 heavy (non-hydrogen) atoms. The van der Waals surface area contributed by atoms with Crippen LogP contribution in [0, 0.1) is 0 Å². The van der Waals surface area contributed by atoms with Crippen molar-refractivity contribution < 1.29 is 5.11 Å². The van der Waals surface area contributed by atoms with Crippen LogP contribution in [-0.4, -0.2) is 31.9 Å². The summed E-state index contributed by atoms with van der Waals surface area (Å²) < 4.78 is 2.55. The molecule has 0 amide bonds. The monoisotopic (exact) mass is 358 g/mol. The standard InChI is InChI=1S/C16H15BrN4O/c17-13-9-19-21-6-5-14(20-15(13)21)18-10-16(22)7-11-3-1-2-4-12(11)8-16/h1-6,9,22H,7-8,10H2,(H,18,20). The zero-order chi connectivity index (χ0) is 15.2. The van der Waals surface area contributed by atoms with E-state index in [1.54, 1.807) is 10.7 Å². The number of benzene rings is 1. The van der Waals surface area contributed by atoms with Gasteiger partial charge in [-0.25, -0.2) is 9.50 Å². The van der Waals surface area contributed by atoms with Crippen LogP contribution in [0.3, 0.4) is 0 Å². The summed E-state index contributed by atoms with van der Waals surface area (Å²) in [5.74, 6) is 0.734. The Morgan fingerprint density at radius 3 is 2.68 bits per heavy atom. The third-order valence-electron chi connectivity index (χ3n) is 4.08. The lowest BCUT2D eigenvalue weighted by atomic mass is 10.0. The van der Waals surface area contributed by atoms with Crippen molar-refractivity contribution in [3.63, 3.8) is 0 Å². The maximum Gasteiger partial charge on any atom is 0.171 e. The summed E-state index contributed by atoms with van der Waals surface area (Å²) in [7, 11) is 0. The largest absolute Gasteiger partial charge is 0.387 e. The molecule has 2 N–H and O–H groups in total. The highest BCUT2D eigenvalue weighted by Crippen LogP contribution is 2.30. The first-order valence-corrected chi connectivity index (χ1v) is 7.95. The summed E-state index contributed by atoms with van der Waals surface area (Å²) in [4.78, 5) is 4.51. The Kier molecular flexibility index (Phi) is 3.16. The normalized spacial score (nSPS) is 15.9. The van der Waals surface area contributed by atoms with Gasteiger partial charge < -0.3 is 10.4 Å². The van der Waals surface area contributed by atoms with Crippen molar-refractivity contribution in [2.45, 2.75) is 18.4 Å². The first kappa shape index (κ1) is 13.7. The Hall–Kier alpha value is -1.92. The van der Waals surface area contributed by atoms with Crippen molar-refractivity contribution in [1.82, 2.24) is 14.6 Å². The third-order valence-corrected chi connectivity index (χ3v) is 4.64. The number of hydrogen-bond acceptors (Lipinski definition) is 4. The number of halogens is 1. The van der Waals surface area contributed by atoms with Gasteiger partial charge in [0, 0.05) is 25.6 Å². The van der Waals surface area contributed by atoms with Crippen molar-refractivity contribution >= 4 is 27.4 Å². The van der Waals surface area contributed by atoms with Gasteiger partial charge in [0.25, 0.3) is 0 Å². The van der Waals surface area contributed by atoms with Crippen molar-refractivity contribution in [3.05, 3.63) is 58.3 Å². The molecule has 2 heterocycles. The van der Waals surface area contributed by atoms with Gasteiger partial charge in [-0.15, -0.1) is 0 Å². The number of anilines is 1. The minimum absolute atomic E-state index is 0.469. The average Bonchev–Trinajstić information content (AvgIpc) is 3.05. The molecular formula is C16H15BrN4O. The maximum atomic E-state index is 10.8. The smallest absolute Gasteiger partial charge is 0.171 e. The minimum Gasteiger partial charge on any atom is -0.387 e. The number of hydrogen-bond donors (Lipinski definition) is 2. The minimum atomic E-state index is -0.755. The summed E-state index contributed by atoms with van der Waals surface area (Å²) in [6.45, 7) is 0.469. The number of rotatable bonds is 3. The van der Waals surface area contributed by atoms with Crippen molar-refractivity contribution in [2.24, 2.45) is 0 Å². The van der Waals surface area contributed by atoms with Gasteiger partial charge in [-0.2, -0.15) is 5.10 Å². The van der Waals surface area contributed by atoms with Gasteiger partial charge in [0.05, 0.1) is 16.3 Å². The Morgan fingerprint density at radius 1 is 1.23 bits per heavy atom. The molecule has 4 rings (SSSR count). The summed E-state index contributed by atoms with van der Waals surface area (Å²) in [6.07, 6.45) is 4.92. The molecule has 1 aromatic carbocycles. The topological polar surface area (TPSA) is 62.5 Å². The molecule has 5 nitrogen and oxygen atoms in total. The highest BCUT2D eigenvalue weighted by atomic mass is 79.9. The van der Waals surface area contributed by atoms with Crippen LogP contribution >= 0.6 is 15.9 Å². The summed E-state index contributed by atoms with van der Waals surface area (Å²) in [5.41, 5.74) is 2.46. The van der Waals surface area contributed by atoms with E-state index in [4.69, 9.17) is 0 Å². The van der Waals surface area contributed by atoms with Crippen molar-refractivity contribution in [3.8, 4) is 0 Å². The predicted molar refractivity (Wildman–Crippen MR) is 88.0 cm³/mol. The van der Waals surface area contributed by atoms with E-state index in [9.17, 15) is 5.11 Å². The molecule has 112 valence electrons. The number of aliphatic hydroxyl groups is 1. The van der Waals surface area contributed by atoms with Crippen LogP contribution in [0.1, 0.15) is 11.1 Å². The van der Waals surface area contributed by atoms with E-state index in [0.717, 1.165) is 15.9 Å². The maximum absolute atomic E-state index is 10.8. The van der Waals surface area contributed by atoms with Gasteiger partial charge in [-0.3, -0.25) is 0 Å². The zero-order valence-corrected chi connectivity index (χ0v) is 13.4. The molecule has 1 aliphatic carbocycles. The van der Waals surface area contributed by atoms with E-state index in [0.29, 0.717) is 19.4 Å². The summed E-state index contributed by atoms with van der Waals surface area (Å²) in [6, 6.07) is 10.1. The number of fused-ring (bicyclic) bond motifs is 2. The van der Waals surface area contributed by atoms with E-state index in [-0.39, 0.29) is 0 Å². The van der Waals surface area contributed by atoms with E-state index in [1.165, 1.54) is 11.1 Å². The van der Waals surface area contributed by atoms with Gasteiger partial charge in [0.15, 0.2) is 5.65 Å². The Balaban J connectivity index is 1.51. The molecule has 0 spiro atoms. The average molecular weight is 359 g/mol. The molecule has 0 fully saturated rings. The molecule has 0 unspecified atom stereocenters. The molecule has 2 aromatic heterocycles. The zero-order valence-electron chi connectivity index (χ0n) is 11.8. The van der Waals surface area contributed by atoms with Crippen LogP contribution in [0.2, 0.25) is 0 Å². The Morgan fingerprint density at radius 2 is 1.95 bits per heavy atom. The number of nitrogens with one attached hydrogen (secondary N) is 1. The van der Waals surface area contributed by atoms with Gasteiger partial charge in [0.2, 0.25) is 0 Å². The third kappa shape index (κ3) is 2.38. The van der Waals surface area contributed by atoms with Gasteiger partial charge in [-0.1, -0.05) is 24.3 Å². The SMILES string of the molecule is OC1(CNc2ccn3ncc(Br)c3n2)Cc2ccccc2C1. The first-order chi connectivity index (χ1) is 10.6. The van der Waals surface area contributed by atoms with E-state index < -0.39 is 5.60 Å². The van der Waals surface area contributed by atoms with Gasteiger partial charge in [0.1, 0.15) is 5.82 Å². The summed E-state index contributed by atoms with van der Waals surface area (Å²) >= 11 is 3.43. The van der Waals surface area contributed by atoms with E-state index in [1.807, 2.05) is 24.4 Å². The molecular weight excluding hydrogens is 344 g/mol. The Bertz CT molecular complexity index is 820. The lowest BCUT2D eigenvalue weighted by Crippen LogP contribution is -2.37. The van der Waals surface area contributed by atoms with Crippen molar-refractivity contribution in [1.29, 1.82) is 0 Å². The highest BCUT2D eigenvalue weighted by Gasteiger charge is 2.34. The Labute approximate surface area is 136 Å². The fourth-order valence-electron chi connectivity index (χ4n) is 2.99. The molecule has 0 radical (unpaired) electrons. The van der Waals surface area contributed by atoms with Crippen LogP contribution in [0.5, 0.6) is 0 Å². The van der Waals surface area contributed by atoms with Gasteiger partial charge in [-0.05, 0) is 33.1 Å².